The largest absolute Gasteiger partial charge is 0.550 e. The van der Waals surface area contributed by atoms with E-state index in [1.807, 2.05) is 0 Å². The second kappa shape index (κ2) is 12.0. The fourth-order valence-corrected chi connectivity index (χ4v) is 2.03. The Morgan fingerprint density at radius 3 is 2.26 bits per heavy atom. The molecule has 3 heteroatoms. The van der Waals surface area contributed by atoms with Gasteiger partial charge in [-0.25, -0.2) is 0 Å². The van der Waals surface area contributed by atoms with E-state index >= 15 is 0 Å². The zero-order chi connectivity index (χ0) is 14.5. The maximum absolute atomic E-state index is 8.89. The number of hydrogen-bond donors (Lipinski definition) is 1. The number of rotatable bonds is 8. The fraction of sp³-hybridized carbons (Fsp3) is 0.688. The lowest BCUT2D eigenvalue weighted by Gasteiger charge is -2.06. The van der Waals surface area contributed by atoms with Crippen LogP contribution in [0.5, 0.6) is 0 Å². The standard InChI is InChI=1S/C14H25N.C2H4O2/c1-3-5-6-7-8-9-11-15-12-10-14(4-2)13-15;1-2(3)4/h10,12-13H,3-9,11H2,1-2H3;1H3,(H,3,4). The van der Waals surface area contributed by atoms with Crippen molar-refractivity contribution < 1.29 is 14.8 Å². The first-order valence-corrected chi connectivity index (χ1v) is 7.52. The molecule has 0 saturated heterocycles. The van der Waals surface area contributed by atoms with Gasteiger partial charge in [-0.1, -0.05) is 39.5 Å². The van der Waals surface area contributed by atoms with Gasteiger partial charge in [0.25, 0.3) is 0 Å². The molecule has 0 saturated carbocycles. The van der Waals surface area contributed by atoms with Crippen molar-refractivity contribution >= 4 is 5.97 Å². The zero-order valence-corrected chi connectivity index (χ0v) is 12.7. The van der Waals surface area contributed by atoms with Crippen LogP contribution in [-0.4, -0.2) is 12.5 Å². The van der Waals surface area contributed by atoms with E-state index in [1.54, 1.807) is 4.90 Å². The summed E-state index contributed by atoms with van der Waals surface area (Å²) < 4.78 is 0. The lowest BCUT2D eigenvalue weighted by atomic mass is 10.1. The van der Waals surface area contributed by atoms with Crippen LogP contribution in [0.3, 0.4) is 0 Å². The van der Waals surface area contributed by atoms with Gasteiger partial charge < -0.3 is 9.90 Å². The molecule has 0 aliphatic carbocycles. The Kier molecular flexibility index (Phi) is 11.3. The van der Waals surface area contributed by atoms with E-state index in [0.29, 0.717) is 0 Å². The van der Waals surface area contributed by atoms with Crippen LogP contribution in [0.4, 0.5) is 0 Å². The van der Waals surface area contributed by atoms with E-state index in [9.17, 15) is 0 Å². The van der Waals surface area contributed by atoms with Crippen molar-refractivity contribution in [3.8, 4) is 0 Å². The number of unbranched alkanes of at least 4 members (excludes halogenated alkanes) is 5. The molecule has 110 valence electrons. The Morgan fingerprint density at radius 2 is 1.74 bits per heavy atom. The van der Waals surface area contributed by atoms with E-state index in [4.69, 9.17) is 9.90 Å². The molecular weight excluding hydrogens is 238 g/mol. The van der Waals surface area contributed by atoms with Crippen LogP contribution >= 0.6 is 0 Å². The van der Waals surface area contributed by atoms with Gasteiger partial charge in [0.15, 0.2) is 0 Å². The van der Waals surface area contributed by atoms with Gasteiger partial charge in [0.05, 0.1) is 12.7 Å². The second-order valence-corrected chi connectivity index (χ2v) is 4.99. The maximum Gasteiger partial charge on any atom is 0.102 e. The zero-order valence-electron chi connectivity index (χ0n) is 12.7. The number of carboxylic acid groups (broad SMARTS) is 1. The molecule has 1 aliphatic heterocycles. The summed E-state index contributed by atoms with van der Waals surface area (Å²) in [4.78, 5) is 10.4. The molecule has 0 fully saturated rings. The minimum Gasteiger partial charge on any atom is -0.550 e. The first-order valence-electron chi connectivity index (χ1n) is 7.52. The lowest BCUT2D eigenvalue weighted by Crippen LogP contribution is -3.01. The SMILES string of the molecule is CC(=O)[O-].CCCCCCCC[NH+]1C=CC(CC)=C1. The smallest absolute Gasteiger partial charge is 0.102 e. The third kappa shape index (κ3) is 11.7. The number of carboxylic acids is 1. The predicted molar refractivity (Wildman–Crippen MR) is 77.4 cm³/mol. The van der Waals surface area contributed by atoms with Crippen molar-refractivity contribution in [3.63, 3.8) is 0 Å². The summed E-state index contributed by atoms with van der Waals surface area (Å²) in [7, 11) is 0. The summed E-state index contributed by atoms with van der Waals surface area (Å²) in [6.07, 6.45) is 16.5. The van der Waals surface area contributed by atoms with Crippen LogP contribution in [0.1, 0.15) is 65.7 Å². The normalized spacial score (nSPS) is 16.8. The summed E-state index contributed by atoms with van der Waals surface area (Å²) in [5.41, 5.74) is 1.50. The minimum atomic E-state index is -1.08. The number of carbonyl (C=O) groups excluding carboxylic acids is 1. The fourth-order valence-electron chi connectivity index (χ4n) is 2.03. The van der Waals surface area contributed by atoms with Crippen molar-refractivity contribution in [1.82, 2.24) is 0 Å². The number of quaternary nitrogens is 1. The van der Waals surface area contributed by atoms with Crippen LogP contribution in [0.25, 0.3) is 0 Å². The summed E-state index contributed by atoms with van der Waals surface area (Å²) in [6, 6.07) is 0. The van der Waals surface area contributed by atoms with E-state index in [2.05, 4.69) is 32.3 Å². The van der Waals surface area contributed by atoms with Crippen LogP contribution < -0.4 is 10.0 Å². The average Bonchev–Trinajstić information content (AvgIpc) is 2.81. The minimum absolute atomic E-state index is 0.972. The van der Waals surface area contributed by atoms with Gasteiger partial charge in [-0.05, 0) is 26.2 Å². The molecule has 1 atom stereocenters. The molecule has 0 bridgehead atoms. The monoisotopic (exact) mass is 267 g/mol. The summed E-state index contributed by atoms with van der Waals surface area (Å²) in [5.74, 6) is -1.08. The molecule has 0 radical (unpaired) electrons. The average molecular weight is 267 g/mol. The number of allylic oxidation sites excluding steroid dienone is 2. The third-order valence-electron chi connectivity index (χ3n) is 3.11. The van der Waals surface area contributed by atoms with Gasteiger partial charge in [-0.2, -0.15) is 0 Å². The molecule has 0 aromatic rings. The molecule has 19 heavy (non-hydrogen) atoms. The Bertz CT molecular complexity index is 291. The quantitative estimate of drug-likeness (QED) is 0.682. The lowest BCUT2D eigenvalue weighted by molar-refractivity contribution is -0.788. The van der Waals surface area contributed by atoms with Crippen LogP contribution in [0.15, 0.2) is 24.0 Å². The van der Waals surface area contributed by atoms with Crippen molar-refractivity contribution in [2.24, 2.45) is 0 Å². The van der Waals surface area contributed by atoms with Gasteiger partial charge in [-0.15, -0.1) is 0 Å². The van der Waals surface area contributed by atoms with Crippen molar-refractivity contribution in [3.05, 3.63) is 24.0 Å². The van der Waals surface area contributed by atoms with Crippen LogP contribution in [-0.2, 0) is 4.79 Å². The highest BCUT2D eigenvalue weighted by Crippen LogP contribution is 2.05. The van der Waals surface area contributed by atoms with Gasteiger partial charge in [0.2, 0.25) is 0 Å². The molecule has 1 N–H and O–H groups in total. The molecule has 3 nitrogen and oxygen atoms in total. The Hall–Kier alpha value is -1.09. The first kappa shape index (κ1) is 17.9. The predicted octanol–water partition coefficient (Wildman–Crippen LogP) is 1.81. The molecule has 0 aromatic heterocycles. The van der Waals surface area contributed by atoms with Gasteiger partial charge >= 0.3 is 0 Å². The molecule has 0 aromatic carbocycles. The number of nitrogens with one attached hydrogen (secondary N) is 1. The molecule has 1 unspecified atom stereocenters. The maximum atomic E-state index is 8.89. The molecule has 1 aliphatic rings. The van der Waals surface area contributed by atoms with Crippen molar-refractivity contribution in [2.75, 3.05) is 6.54 Å². The highest BCUT2D eigenvalue weighted by molar-refractivity contribution is 5.60. The summed E-state index contributed by atoms with van der Waals surface area (Å²) in [5, 5.41) is 8.89. The number of carbonyl (C=O) groups is 1. The van der Waals surface area contributed by atoms with Crippen molar-refractivity contribution in [1.29, 1.82) is 0 Å². The van der Waals surface area contributed by atoms with E-state index in [1.165, 1.54) is 57.1 Å². The first-order chi connectivity index (χ1) is 9.10. The van der Waals surface area contributed by atoms with Crippen molar-refractivity contribution in [2.45, 2.75) is 65.7 Å². The van der Waals surface area contributed by atoms with Gasteiger partial charge in [0, 0.05) is 17.6 Å². The van der Waals surface area contributed by atoms with Gasteiger partial charge in [0.1, 0.15) is 6.20 Å². The Morgan fingerprint density at radius 1 is 1.16 bits per heavy atom. The van der Waals surface area contributed by atoms with Crippen LogP contribution in [0.2, 0.25) is 0 Å². The molecule has 1 rings (SSSR count). The third-order valence-corrected chi connectivity index (χ3v) is 3.11. The molecular formula is C16H29NO2. The molecule has 0 amide bonds. The van der Waals surface area contributed by atoms with E-state index in [0.717, 1.165) is 6.92 Å². The number of hydrogen-bond acceptors (Lipinski definition) is 2. The van der Waals surface area contributed by atoms with E-state index in [-0.39, 0.29) is 0 Å². The number of aliphatic carboxylic acids is 1. The molecule has 0 spiro atoms. The molecule has 1 heterocycles. The highest BCUT2D eigenvalue weighted by Gasteiger charge is 2.08. The van der Waals surface area contributed by atoms with E-state index < -0.39 is 5.97 Å². The topological polar surface area (TPSA) is 44.6 Å². The van der Waals surface area contributed by atoms with Crippen LogP contribution in [0, 0.1) is 0 Å². The van der Waals surface area contributed by atoms with Gasteiger partial charge in [-0.3, -0.25) is 4.90 Å². The Balaban J connectivity index is 0.000000711. The summed E-state index contributed by atoms with van der Waals surface area (Å²) >= 11 is 0. The summed E-state index contributed by atoms with van der Waals surface area (Å²) in [6.45, 7) is 6.76. The Labute approximate surface area is 118 Å². The second-order valence-electron chi connectivity index (χ2n) is 4.99. The highest BCUT2D eigenvalue weighted by atomic mass is 16.4.